The van der Waals surface area contributed by atoms with Gasteiger partial charge in [-0.3, -0.25) is 4.79 Å². The minimum absolute atomic E-state index is 0.106. The first kappa shape index (κ1) is 20.4. The quantitative estimate of drug-likeness (QED) is 0.469. The molecule has 2 aromatic rings. The van der Waals surface area contributed by atoms with Gasteiger partial charge in [0.2, 0.25) is 0 Å². The Hall–Kier alpha value is -2.38. The van der Waals surface area contributed by atoms with Crippen molar-refractivity contribution in [2.24, 2.45) is 10.1 Å². The molecule has 0 amide bonds. The Balaban J connectivity index is 2.09. The van der Waals surface area contributed by atoms with Gasteiger partial charge in [0, 0.05) is 31.2 Å². The van der Waals surface area contributed by atoms with Gasteiger partial charge in [-0.25, -0.2) is 4.99 Å². The molecule has 2 heterocycles. The first-order valence-electron chi connectivity index (χ1n) is 9.49. The molecule has 0 atom stereocenters. The second-order valence-electron chi connectivity index (χ2n) is 8.56. The Morgan fingerprint density at radius 1 is 1.21 bits per heavy atom. The minimum atomic E-state index is -1.90. The van der Waals surface area contributed by atoms with E-state index in [1.54, 1.807) is 6.21 Å². The van der Waals surface area contributed by atoms with Crippen LogP contribution in [0.5, 0.6) is 0 Å². The van der Waals surface area contributed by atoms with E-state index in [0.29, 0.717) is 42.1 Å². The summed E-state index contributed by atoms with van der Waals surface area (Å²) in [5.41, 5.74) is 1.38. The summed E-state index contributed by atoms with van der Waals surface area (Å²) in [5.74, 6) is 0.303. The van der Waals surface area contributed by atoms with Crippen molar-refractivity contribution in [2.45, 2.75) is 51.7 Å². The normalized spacial score (nSPS) is 15.8. The molecule has 0 radical (unpaired) electrons. The second-order valence-corrected chi connectivity index (χ2v) is 13.4. The van der Waals surface area contributed by atoms with E-state index in [2.05, 4.69) is 49.0 Å². The maximum atomic E-state index is 12.9. The highest BCUT2D eigenvalue weighted by molar-refractivity contribution is 6.74. The maximum absolute atomic E-state index is 12.9. The van der Waals surface area contributed by atoms with Crippen LogP contribution in [0.25, 0.3) is 10.8 Å². The highest BCUT2D eigenvalue weighted by Crippen LogP contribution is 2.36. The molecule has 1 aromatic heterocycles. The lowest BCUT2D eigenvalue weighted by molar-refractivity contribution is 0.292. The van der Waals surface area contributed by atoms with E-state index in [-0.39, 0.29) is 10.6 Å². The zero-order valence-corrected chi connectivity index (χ0v) is 18.1. The SMILES string of the molecule is CC(C)(C)[Si](C)(C)OCCc1c(=O)nc2c(c3ccccc13)C(=NO)CC=N2. The van der Waals surface area contributed by atoms with Crippen LogP contribution in [0, 0.1) is 0 Å². The number of fused-ring (bicyclic) bond motifs is 3. The molecule has 1 N–H and O–H groups in total. The van der Waals surface area contributed by atoms with Gasteiger partial charge in [0.25, 0.3) is 5.56 Å². The fourth-order valence-electron chi connectivity index (χ4n) is 3.08. The van der Waals surface area contributed by atoms with Crippen molar-refractivity contribution < 1.29 is 9.63 Å². The van der Waals surface area contributed by atoms with Crippen molar-refractivity contribution in [3.8, 4) is 0 Å². The lowest BCUT2D eigenvalue weighted by atomic mass is 9.98. The summed E-state index contributed by atoms with van der Waals surface area (Å²) in [6.45, 7) is 11.4. The van der Waals surface area contributed by atoms with E-state index < -0.39 is 8.32 Å². The lowest BCUT2D eigenvalue weighted by Gasteiger charge is -2.36. The Labute approximate surface area is 166 Å². The standard InChI is InChI=1S/C21H27N3O3Si/c1-21(2,3)28(4,5)27-13-11-16-14-8-6-7-9-15(14)18-17(24-26)10-12-22-19(18)23-20(16)25/h6-9,12,26H,10-11,13H2,1-5H3. The van der Waals surface area contributed by atoms with Crippen molar-refractivity contribution in [2.75, 3.05) is 6.61 Å². The average Bonchev–Trinajstić information content (AvgIpc) is 2.75. The number of rotatable bonds is 4. The summed E-state index contributed by atoms with van der Waals surface area (Å²) < 4.78 is 6.28. The molecule has 6 nitrogen and oxygen atoms in total. The van der Waals surface area contributed by atoms with Crippen LogP contribution in [-0.2, 0) is 10.8 Å². The minimum Gasteiger partial charge on any atom is -0.416 e. The molecule has 0 saturated carbocycles. The summed E-state index contributed by atoms with van der Waals surface area (Å²) in [6.07, 6.45) is 2.48. The molecule has 3 rings (SSSR count). The van der Waals surface area contributed by atoms with Crippen LogP contribution in [-0.4, -0.2) is 37.0 Å². The van der Waals surface area contributed by atoms with Crippen LogP contribution in [0.2, 0.25) is 18.1 Å². The van der Waals surface area contributed by atoms with Gasteiger partial charge in [0.1, 0.15) is 0 Å². The third-order valence-corrected chi connectivity index (χ3v) is 10.3. The molecule has 0 bridgehead atoms. The van der Waals surface area contributed by atoms with Crippen LogP contribution in [0.3, 0.4) is 0 Å². The smallest absolute Gasteiger partial charge is 0.275 e. The van der Waals surface area contributed by atoms with Gasteiger partial charge in [-0.05, 0) is 28.9 Å². The average molecular weight is 398 g/mol. The zero-order valence-electron chi connectivity index (χ0n) is 17.1. The molecule has 1 aliphatic heterocycles. The van der Waals surface area contributed by atoms with Crippen molar-refractivity contribution >= 4 is 36.8 Å². The first-order chi connectivity index (χ1) is 13.2. The topological polar surface area (TPSA) is 84.1 Å². The number of benzene rings is 1. The van der Waals surface area contributed by atoms with E-state index in [4.69, 9.17) is 4.43 Å². The number of aromatic nitrogens is 1. The third kappa shape index (κ3) is 3.77. The predicted octanol–water partition coefficient (Wildman–Crippen LogP) is 4.44. The lowest BCUT2D eigenvalue weighted by Crippen LogP contribution is -2.41. The van der Waals surface area contributed by atoms with Gasteiger partial charge in [-0.2, -0.15) is 4.98 Å². The van der Waals surface area contributed by atoms with Crippen molar-refractivity contribution in [3.63, 3.8) is 0 Å². The summed E-state index contributed by atoms with van der Waals surface area (Å²) >= 11 is 0. The van der Waals surface area contributed by atoms with E-state index in [1.165, 1.54) is 0 Å². The number of hydrogen-bond acceptors (Lipinski definition) is 6. The van der Waals surface area contributed by atoms with Gasteiger partial charge in [-0.15, -0.1) is 0 Å². The molecule has 28 heavy (non-hydrogen) atoms. The largest absolute Gasteiger partial charge is 0.416 e. The first-order valence-corrected chi connectivity index (χ1v) is 12.4. The molecule has 148 valence electrons. The molecule has 0 saturated heterocycles. The maximum Gasteiger partial charge on any atom is 0.275 e. The summed E-state index contributed by atoms with van der Waals surface area (Å²) in [6, 6.07) is 7.62. The molecule has 0 aliphatic carbocycles. The molecular formula is C21H27N3O3Si. The van der Waals surface area contributed by atoms with Crippen LogP contribution in [0.15, 0.2) is 39.2 Å². The Morgan fingerprint density at radius 3 is 2.54 bits per heavy atom. The number of nitrogens with zero attached hydrogens (tertiary/aromatic N) is 3. The van der Waals surface area contributed by atoms with Crippen LogP contribution in [0.4, 0.5) is 5.82 Å². The zero-order chi connectivity index (χ0) is 20.5. The number of hydrogen-bond donors (Lipinski definition) is 1. The van der Waals surface area contributed by atoms with Crippen LogP contribution >= 0.6 is 0 Å². The second kappa shape index (κ2) is 7.56. The number of oxime groups is 1. The Kier molecular flexibility index (Phi) is 5.50. The number of aliphatic imine (C=N–C) groups is 1. The van der Waals surface area contributed by atoms with Gasteiger partial charge in [-0.1, -0.05) is 50.2 Å². The third-order valence-electron chi connectivity index (χ3n) is 5.74. The van der Waals surface area contributed by atoms with E-state index in [9.17, 15) is 10.0 Å². The van der Waals surface area contributed by atoms with Crippen molar-refractivity contribution in [3.05, 3.63) is 45.7 Å². The predicted molar refractivity (Wildman–Crippen MR) is 116 cm³/mol. The van der Waals surface area contributed by atoms with E-state index in [1.807, 2.05) is 24.3 Å². The summed E-state index contributed by atoms with van der Waals surface area (Å²) in [7, 11) is -1.90. The van der Waals surface area contributed by atoms with Gasteiger partial charge in [0.05, 0.1) is 11.3 Å². The fraction of sp³-hybridized carbons (Fsp3) is 0.429. The van der Waals surface area contributed by atoms with Gasteiger partial charge < -0.3 is 9.63 Å². The molecule has 0 fully saturated rings. The molecule has 1 aliphatic rings. The van der Waals surface area contributed by atoms with Crippen LogP contribution < -0.4 is 5.56 Å². The summed E-state index contributed by atoms with van der Waals surface area (Å²) in [4.78, 5) is 21.4. The van der Waals surface area contributed by atoms with Gasteiger partial charge >= 0.3 is 0 Å². The highest BCUT2D eigenvalue weighted by atomic mass is 28.4. The Morgan fingerprint density at radius 2 is 1.89 bits per heavy atom. The molecular weight excluding hydrogens is 370 g/mol. The molecule has 7 heteroatoms. The van der Waals surface area contributed by atoms with E-state index in [0.717, 1.165) is 10.8 Å². The van der Waals surface area contributed by atoms with Crippen molar-refractivity contribution in [1.29, 1.82) is 0 Å². The highest BCUT2D eigenvalue weighted by Gasteiger charge is 2.37. The Bertz CT molecular complexity index is 1020. The molecule has 0 spiro atoms. The van der Waals surface area contributed by atoms with Crippen LogP contribution in [0.1, 0.15) is 38.3 Å². The monoisotopic (exact) mass is 397 g/mol. The summed E-state index contributed by atoms with van der Waals surface area (Å²) in [5, 5.41) is 14.6. The molecule has 1 aromatic carbocycles. The van der Waals surface area contributed by atoms with Gasteiger partial charge in [0.15, 0.2) is 14.1 Å². The fourth-order valence-corrected chi connectivity index (χ4v) is 4.12. The van der Waals surface area contributed by atoms with E-state index >= 15 is 0 Å². The van der Waals surface area contributed by atoms with Crippen molar-refractivity contribution in [1.82, 2.24) is 4.98 Å². The molecule has 0 unspecified atom stereocenters.